The number of hydrogen-bond donors (Lipinski definition) is 2. The fraction of sp³-hybridized carbons (Fsp3) is 0.235. The molecule has 0 aliphatic heterocycles. The molecule has 1 unspecified atom stereocenters. The van der Waals surface area contributed by atoms with E-state index in [1.807, 2.05) is 48.5 Å². The first-order valence-corrected chi connectivity index (χ1v) is 6.86. The maximum Gasteiger partial charge on any atom is 0.221 e. The SMILES string of the molecule is COc1ccc(C(C)Nc2ccc(NC(C)=O)cc2)cc1. The minimum atomic E-state index is -0.0673. The summed E-state index contributed by atoms with van der Waals surface area (Å²) in [7, 11) is 1.66. The number of methoxy groups -OCH3 is 1. The van der Waals surface area contributed by atoms with Crippen LogP contribution in [0.5, 0.6) is 5.75 Å². The summed E-state index contributed by atoms with van der Waals surface area (Å²) in [5.41, 5.74) is 2.99. The van der Waals surface area contributed by atoms with Crippen molar-refractivity contribution >= 4 is 17.3 Å². The first kappa shape index (κ1) is 14.9. The molecule has 0 saturated carbocycles. The molecule has 2 N–H and O–H groups in total. The number of carbonyl (C=O) groups excluding carboxylic acids is 1. The first-order valence-electron chi connectivity index (χ1n) is 6.86. The van der Waals surface area contributed by atoms with Crippen molar-refractivity contribution in [2.45, 2.75) is 19.9 Å². The van der Waals surface area contributed by atoms with E-state index < -0.39 is 0 Å². The largest absolute Gasteiger partial charge is 0.497 e. The van der Waals surface area contributed by atoms with E-state index in [4.69, 9.17) is 4.74 Å². The second-order valence-electron chi connectivity index (χ2n) is 4.90. The molecular weight excluding hydrogens is 264 g/mol. The van der Waals surface area contributed by atoms with Crippen LogP contribution in [-0.4, -0.2) is 13.0 Å². The third-order valence-corrected chi connectivity index (χ3v) is 3.20. The first-order chi connectivity index (χ1) is 10.1. The van der Waals surface area contributed by atoms with Crippen molar-refractivity contribution in [1.82, 2.24) is 0 Å². The number of rotatable bonds is 5. The zero-order chi connectivity index (χ0) is 15.2. The van der Waals surface area contributed by atoms with Gasteiger partial charge in [-0.25, -0.2) is 0 Å². The van der Waals surface area contributed by atoms with E-state index in [9.17, 15) is 4.79 Å². The Bertz CT molecular complexity index is 591. The summed E-state index contributed by atoms with van der Waals surface area (Å²) in [5, 5.41) is 6.17. The van der Waals surface area contributed by atoms with Crippen molar-refractivity contribution in [3.8, 4) is 5.75 Å². The molecule has 21 heavy (non-hydrogen) atoms. The molecule has 0 radical (unpaired) electrons. The zero-order valence-electron chi connectivity index (χ0n) is 12.5. The molecule has 4 heteroatoms. The van der Waals surface area contributed by atoms with Crippen molar-refractivity contribution in [3.63, 3.8) is 0 Å². The Balaban J connectivity index is 2.01. The quantitative estimate of drug-likeness (QED) is 0.877. The molecule has 0 spiro atoms. The summed E-state index contributed by atoms with van der Waals surface area (Å²) >= 11 is 0. The number of hydrogen-bond acceptors (Lipinski definition) is 3. The molecule has 0 aromatic heterocycles. The molecule has 0 fully saturated rings. The second kappa shape index (κ2) is 6.79. The third-order valence-electron chi connectivity index (χ3n) is 3.20. The average molecular weight is 284 g/mol. The number of carbonyl (C=O) groups is 1. The van der Waals surface area contributed by atoms with Gasteiger partial charge < -0.3 is 15.4 Å². The maximum atomic E-state index is 11.0. The Morgan fingerprint density at radius 2 is 1.57 bits per heavy atom. The average Bonchev–Trinajstić information content (AvgIpc) is 2.49. The van der Waals surface area contributed by atoms with Gasteiger partial charge in [0.1, 0.15) is 5.75 Å². The smallest absolute Gasteiger partial charge is 0.221 e. The van der Waals surface area contributed by atoms with E-state index in [0.717, 1.165) is 17.1 Å². The van der Waals surface area contributed by atoms with Crippen LogP contribution in [0.2, 0.25) is 0 Å². The van der Waals surface area contributed by atoms with Crippen LogP contribution in [0.3, 0.4) is 0 Å². The van der Waals surface area contributed by atoms with Crippen LogP contribution in [0.15, 0.2) is 48.5 Å². The van der Waals surface area contributed by atoms with Gasteiger partial charge in [-0.15, -0.1) is 0 Å². The lowest BCUT2D eigenvalue weighted by Crippen LogP contribution is -2.08. The molecular formula is C17H20N2O2. The van der Waals surface area contributed by atoms with Gasteiger partial charge in [0.15, 0.2) is 0 Å². The lowest BCUT2D eigenvalue weighted by Gasteiger charge is -2.16. The Kier molecular flexibility index (Phi) is 4.82. The second-order valence-corrected chi connectivity index (χ2v) is 4.90. The number of nitrogens with one attached hydrogen (secondary N) is 2. The van der Waals surface area contributed by atoms with E-state index in [1.165, 1.54) is 12.5 Å². The minimum absolute atomic E-state index is 0.0673. The number of anilines is 2. The third kappa shape index (κ3) is 4.24. The van der Waals surface area contributed by atoms with Crippen LogP contribution in [0.1, 0.15) is 25.5 Å². The van der Waals surface area contributed by atoms with Crippen LogP contribution in [0.25, 0.3) is 0 Å². The molecule has 0 bridgehead atoms. The predicted octanol–water partition coefficient (Wildman–Crippen LogP) is 3.83. The minimum Gasteiger partial charge on any atom is -0.497 e. The Hall–Kier alpha value is -2.49. The van der Waals surface area contributed by atoms with Gasteiger partial charge in [-0.2, -0.15) is 0 Å². The van der Waals surface area contributed by atoms with Crippen molar-refractivity contribution in [2.24, 2.45) is 0 Å². The predicted molar refractivity (Wildman–Crippen MR) is 85.8 cm³/mol. The Morgan fingerprint density at radius 3 is 2.10 bits per heavy atom. The number of benzene rings is 2. The molecule has 0 heterocycles. The normalized spacial score (nSPS) is 11.6. The summed E-state index contributed by atoms with van der Waals surface area (Å²) in [5.74, 6) is 0.785. The highest BCUT2D eigenvalue weighted by Crippen LogP contribution is 2.22. The highest BCUT2D eigenvalue weighted by molar-refractivity contribution is 5.88. The molecule has 2 rings (SSSR count). The molecule has 0 aliphatic carbocycles. The van der Waals surface area contributed by atoms with Gasteiger partial charge in [0, 0.05) is 24.3 Å². The standard InChI is InChI=1S/C17H20N2O2/c1-12(14-4-10-17(21-3)11-5-14)18-15-6-8-16(9-7-15)19-13(2)20/h4-12,18H,1-3H3,(H,19,20). The summed E-state index contributed by atoms with van der Waals surface area (Å²) in [6, 6.07) is 15.8. The molecule has 0 aliphatic rings. The van der Waals surface area contributed by atoms with Gasteiger partial charge in [-0.05, 0) is 48.9 Å². The zero-order valence-corrected chi connectivity index (χ0v) is 12.5. The van der Waals surface area contributed by atoms with E-state index in [2.05, 4.69) is 17.6 Å². The molecule has 110 valence electrons. The molecule has 2 aromatic carbocycles. The van der Waals surface area contributed by atoms with Crippen molar-refractivity contribution < 1.29 is 9.53 Å². The van der Waals surface area contributed by atoms with Gasteiger partial charge in [0.25, 0.3) is 0 Å². The molecule has 1 atom stereocenters. The van der Waals surface area contributed by atoms with E-state index in [1.54, 1.807) is 7.11 Å². The summed E-state index contributed by atoms with van der Waals surface area (Å²) in [4.78, 5) is 11.0. The van der Waals surface area contributed by atoms with E-state index >= 15 is 0 Å². The van der Waals surface area contributed by atoms with Gasteiger partial charge >= 0.3 is 0 Å². The van der Waals surface area contributed by atoms with Crippen molar-refractivity contribution in [2.75, 3.05) is 17.7 Å². The lowest BCUT2D eigenvalue weighted by atomic mass is 10.1. The fourth-order valence-electron chi connectivity index (χ4n) is 2.08. The van der Waals surface area contributed by atoms with Crippen LogP contribution >= 0.6 is 0 Å². The Labute approximate surface area is 125 Å². The molecule has 4 nitrogen and oxygen atoms in total. The fourth-order valence-corrected chi connectivity index (χ4v) is 2.08. The summed E-state index contributed by atoms with van der Waals surface area (Å²) in [6.07, 6.45) is 0. The number of amides is 1. The van der Waals surface area contributed by atoms with Gasteiger partial charge in [0.2, 0.25) is 5.91 Å². The molecule has 1 amide bonds. The molecule has 2 aromatic rings. The maximum absolute atomic E-state index is 11.0. The summed E-state index contributed by atoms with van der Waals surface area (Å²) in [6.45, 7) is 3.60. The molecule has 0 saturated heterocycles. The highest BCUT2D eigenvalue weighted by Gasteiger charge is 2.05. The monoisotopic (exact) mass is 284 g/mol. The lowest BCUT2D eigenvalue weighted by molar-refractivity contribution is -0.114. The Morgan fingerprint density at radius 1 is 1.00 bits per heavy atom. The number of ether oxygens (including phenoxy) is 1. The van der Waals surface area contributed by atoms with Gasteiger partial charge in [-0.3, -0.25) is 4.79 Å². The topological polar surface area (TPSA) is 50.4 Å². The van der Waals surface area contributed by atoms with Crippen LogP contribution in [0, 0.1) is 0 Å². The van der Waals surface area contributed by atoms with Crippen LogP contribution in [-0.2, 0) is 4.79 Å². The highest BCUT2D eigenvalue weighted by atomic mass is 16.5. The van der Waals surface area contributed by atoms with Gasteiger partial charge in [0.05, 0.1) is 7.11 Å². The van der Waals surface area contributed by atoms with Crippen molar-refractivity contribution in [3.05, 3.63) is 54.1 Å². The van der Waals surface area contributed by atoms with Gasteiger partial charge in [-0.1, -0.05) is 12.1 Å². The summed E-state index contributed by atoms with van der Waals surface area (Å²) < 4.78 is 5.16. The van der Waals surface area contributed by atoms with Crippen LogP contribution in [0.4, 0.5) is 11.4 Å². The van der Waals surface area contributed by atoms with Crippen LogP contribution < -0.4 is 15.4 Å². The van der Waals surface area contributed by atoms with E-state index in [0.29, 0.717) is 0 Å². The van der Waals surface area contributed by atoms with E-state index in [-0.39, 0.29) is 11.9 Å². The van der Waals surface area contributed by atoms with Crippen molar-refractivity contribution in [1.29, 1.82) is 0 Å².